The number of methoxy groups -OCH3 is 1. The molecule has 1 aliphatic heterocycles. The Balaban J connectivity index is 2.14. The summed E-state index contributed by atoms with van der Waals surface area (Å²) in [5, 5.41) is 6.74. The van der Waals surface area contributed by atoms with Crippen LogP contribution in [-0.4, -0.2) is 40.8 Å². The molecule has 2 heterocycles. The Morgan fingerprint density at radius 3 is 2.50 bits per heavy atom. The van der Waals surface area contributed by atoms with Gasteiger partial charge in [0.1, 0.15) is 5.82 Å². The lowest BCUT2D eigenvalue weighted by atomic mass is 10.1. The van der Waals surface area contributed by atoms with E-state index < -0.39 is 0 Å². The van der Waals surface area contributed by atoms with Gasteiger partial charge in [0.2, 0.25) is 11.8 Å². The van der Waals surface area contributed by atoms with Gasteiger partial charge in [0.05, 0.1) is 7.11 Å². The molecule has 0 bridgehead atoms. The Hall–Kier alpha value is -1.63. The van der Waals surface area contributed by atoms with Crippen LogP contribution in [0.15, 0.2) is 6.07 Å². The maximum atomic E-state index is 5.31. The summed E-state index contributed by atoms with van der Waals surface area (Å²) < 4.78 is 5.29. The summed E-state index contributed by atoms with van der Waals surface area (Å²) in [6.45, 7) is 8.18. The third-order valence-corrected chi connectivity index (χ3v) is 3.50. The van der Waals surface area contributed by atoms with Gasteiger partial charge in [0.15, 0.2) is 5.11 Å². The molecule has 0 amide bonds. The van der Waals surface area contributed by atoms with Crippen molar-refractivity contribution in [2.45, 2.75) is 45.6 Å². The summed E-state index contributed by atoms with van der Waals surface area (Å²) in [5.74, 6) is 1.88. The van der Waals surface area contributed by atoms with Crippen LogP contribution >= 0.6 is 12.2 Å². The molecule has 0 aliphatic carbocycles. The van der Waals surface area contributed by atoms with Gasteiger partial charge in [0.25, 0.3) is 0 Å². The van der Waals surface area contributed by atoms with Crippen molar-refractivity contribution in [2.75, 3.05) is 30.4 Å². The molecule has 1 saturated heterocycles. The number of rotatable bonds is 3. The van der Waals surface area contributed by atoms with E-state index in [2.05, 4.69) is 25.5 Å². The van der Waals surface area contributed by atoms with E-state index in [4.69, 9.17) is 17.0 Å². The SMILES string of the molecule is COc1cc(N2CCCCC2)nc(NC(=S)NC(C)(C)C)n1. The van der Waals surface area contributed by atoms with Gasteiger partial charge in [-0.25, -0.2) is 0 Å². The van der Waals surface area contributed by atoms with Gasteiger partial charge < -0.3 is 20.3 Å². The number of anilines is 2. The highest BCUT2D eigenvalue weighted by Gasteiger charge is 2.16. The summed E-state index contributed by atoms with van der Waals surface area (Å²) in [6.07, 6.45) is 3.67. The molecule has 0 aromatic carbocycles. The Morgan fingerprint density at radius 1 is 1.23 bits per heavy atom. The van der Waals surface area contributed by atoms with E-state index in [1.165, 1.54) is 19.3 Å². The van der Waals surface area contributed by atoms with Crippen molar-refractivity contribution >= 4 is 29.1 Å². The first-order chi connectivity index (χ1) is 10.4. The van der Waals surface area contributed by atoms with E-state index in [0.717, 1.165) is 18.9 Å². The summed E-state index contributed by atoms with van der Waals surface area (Å²) >= 11 is 5.31. The first kappa shape index (κ1) is 16.7. The Kier molecular flexibility index (Phi) is 5.39. The van der Waals surface area contributed by atoms with Crippen molar-refractivity contribution in [1.29, 1.82) is 0 Å². The van der Waals surface area contributed by atoms with Crippen molar-refractivity contribution in [3.05, 3.63) is 6.07 Å². The maximum absolute atomic E-state index is 5.31. The number of hydrogen-bond acceptors (Lipinski definition) is 5. The predicted octanol–water partition coefficient (Wildman–Crippen LogP) is 2.56. The fraction of sp³-hybridized carbons (Fsp3) is 0.667. The third-order valence-electron chi connectivity index (χ3n) is 3.29. The van der Waals surface area contributed by atoms with E-state index in [0.29, 0.717) is 16.9 Å². The van der Waals surface area contributed by atoms with Crippen molar-refractivity contribution < 1.29 is 4.74 Å². The van der Waals surface area contributed by atoms with E-state index in [1.807, 2.05) is 26.8 Å². The number of piperidine rings is 1. The lowest BCUT2D eigenvalue weighted by Gasteiger charge is -2.28. The highest BCUT2D eigenvalue weighted by Crippen LogP contribution is 2.22. The average molecular weight is 323 g/mol. The molecule has 1 aromatic heterocycles. The van der Waals surface area contributed by atoms with E-state index >= 15 is 0 Å². The number of aromatic nitrogens is 2. The van der Waals surface area contributed by atoms with Crippen LogP contribution < -0.4 is 20.3 Å². The van der Waals surface area contributed by atoms with Gasteiger partial charge in [-0.15, -0.1) is 0 Å². The van der Waals surface area contributed by atoms with Gasteiger partial charge in [-0.3, -0.25) is 0 Å². The molecule has 7 heteroatoms. The van der Waals surface area contributed by atoms with E-state index in [-0.39, 0.29) is 5.54 Å². The van der Waals surface area contributed by atoms with Crippen LogP contribution in [0, 0.1) is 0 Å². The van der Waals surface area contributed by atoms with E-state index in [9.17, 15) is 0 Å². The van der Waals surface area contributed by atoms with Crippen LogP contribution in [0.5, 0.6) is 5.88 Å². The minimum atomic E-state index is -0.112. The minimum Gasteiger partial charge on any atom is -0.481 e. The average Bonchev–Trinajstić information content (AvgIpc) is 2.45. The number of nitrogens with zero attached hydrogens (tertiary/aromatic N) is 3. The second-order valence-electron chi connectivity index (χ2n) is 6.47. The monoisotopic (exact) mass is 323 g/mol. The number of nitrogens with one attached hydrogen (secondary N) is 2. The molecular formula is C15H25N5OS. The summed E-state index contributed by atoms with van der Waals surface area (Å²) in [4.78, 5) is 11.2. The minimum absolute atomic E-state index is 0.112. The molecule has 2 N–H and O–H groups in total. The summed E-state index contributed by atoms with van der Waals surface area (Å²) in [6, 6.07) is 1.87. The van der Waals surface area contributed by atoms with Gasteiger partial charge >= 0.3 is 0 Å². The van der Waals surface area contributed by atoms with Gasteiger partial charge in [-0.1, -0.05) is 0 Å². The van der Waals surface area contributed by atoms with Gasteiger partial charge in [0, 0.05) is 24.7 Å². The van der Waals surface area contributed by atoms with Crippen molar-refractivity contribution in [3.63, 3.8) is 0 Å². The zero-order valence-corrected chi connectivity index (χ0v) is 14.6. The van der Waals surface area contributed by atoms with E-state index in [1.54, 1.807) is 7.11 Å². The Bertz CT molecular complexity index is 523. The van der Waals surface area contributed by atoms with Crippen LogP contribution in [0.25, 0.3) is 0 Å². The molecule has 0 saturated carbocycles. The molecule has 0 atom stereocenters. The first-order valence-electron chi connectivity index (χ1n) is 7.64. The summed E-state index contributed by atoms with van der Waals surface area (Å²) in [5.41, 5.74) is -0.112. The van der Waals surface area contributed by atoms with Crippen LogP contribution in [-0.2, 0) is 0 Å². The molecule has 1 aromatic rings. The van der Waals surface area contributed by atoms with Crippen LogP contribution in [0.4, 0.5) is 11.8 Å². The Morgan fingerprint density at radius 2 is 1.91 bits per heavy atom. The van der Waals surface area contributed by atoms with Crippen LogP contribution in [0.2, 0.25) is 0 Å². The van der Waals surface area contributed by atoms with Crippen molar-refractivity contribution in [3.8, 4) is 5.88 Å². The van der Waals surface area contributed by atoms with Crippen LogP contribution in [0.1, 0.15) is 40.0 Å². The second kappa shape index (κ2) is 7.09. The molecule has 1 aliphatic rings. The lowest BCUT2D eigenvalue weighted by Crippen LogP contribution is -2.43. The van der Waals surface area contributed by atoms with Crippen molar-refractivity contribution in [2.24, 2.45) is 0 Å². The highest BCUT2D eigenvalue weighted by atomic mass is 32.1. The van der Waals surface area contributed by atoms with Crippen molar-refractivity contribution in [1.82, 2.24) is 15.3 Å². The number of thiocarbonyl (C=S) groups is 1. The zero-order valence-electron chi connectivity index (χ0n) is 13.8. The molecule has 0 radical (unpaired) electrons. The molecule has 0 spiro atoms. The molecule has 122 valence electrons. The second-order valence-corrected chi connectivity index (χ2v) is 6.88. The third kappa shape index (κ3) is 4.98. The summed E-state index contributed by atoms with van der Waals surface area (Å²) in [7, 11) is 1.61. The fourth-order valence-electron chi connectivity index (χ4n) is 2.33. The molecule has 2 rings (SSSR count). The maximum Gasteiger partial charge on any atom is 0.234 e. The highest BCUT2D eigenvalue weighted by molar-refractivity contribution is 7.80. The topological polar surface area (TPSA) is 62.3 Å². The number of ether oxygens (including phenoxy) is 1. The molecule has 6 nitrogen and oxygen atoms in total. The molecular weight excluding hydrogens is 298 g/mol. The Labute approximate surface area is 137 Å². The zero-order chi connectivity index (χ0) is 16.2. The van der Waals surface area contributed by atoms with Crippen LogP contribution in [0.3, 0.4) is 0 Å². The standard InChI is InChI=1S/C15H25N5OS/c1-15(2,3)19-14(22)18-13-16-11(10-12(17-13)21-4)20-8-6-5-7-9-20/h10H,5-9H2,1-4H3,(H2,16,17,18,19,22). The normalized spacial score (nSPS) is 15.4. The quantitative estimate of drug-likeness (QED) is 0.829. The molecule has 1 fully saturated rings. The molecule has 22 heavy (non-hydrogen) atoms. The fourth-order valence-corrected chi connectivity index (χ4v) is 2.73. The van der Waals surface area contributed by atoms with Gasteiger partial charge in [-0.05, 0) is 52.3 Å². The van der Waals surface area contributed by atoms with Gasteiger partial charge in [-0.2, -0.15) is 9.97 Å². The predicted molar refractivity (Wildman–Crippen MR) is 93.8 cm³/mol. The largest absolute Gasteiger partial charge is 0.481 e. The lowest BCUT2D eigenvalue weighted by molar-refractivity contribution is 0.397. The molecule has 0 unspecified atom stereocenters. The first-order valence-corrected chi connectivity index (χ1v) is 8.05. The number of hydrogen-bond donors (Lipinski definition) is 2. The smallest absolute Gasteiger partial charge is 0.234 e.